The molecule has 1 N–H and O–H groups in total. The molecular weight excluding hydrogens is 518 g/mol. The SMILES string of the molecule is CO[C@@H]1[C@H](OC(=O)/C=C/c2ccc(OCCCCCO)c([N+](=O)[O-])c2)CC[C@]2(CO2)[C@H]1[C@]1(C)O[C@H]1CC=C(C)C. The van der Waals surface area contributed by atoms with Crippen LogP contribution in [0.5, 0.6) is 5.75 Å². The van der Waals surface area contributed by atoms with E-state index in [1.54, 1.807) is 13.2 Å². The van der Waals surface area contributed by atoms with Gasteiger partial charge in [-0.2, -0.15) is 0 Å². The third kappa shape index (κ3) is 6.91. The predicted octanol–water partition coefficient (Wildman–Crippen LogP) is 4.77. The maximum atomic E-state index is 12.8. The van der Waals surface area contributed by atoms with Crippen LogP contribution < -0.4 is 4.74 Å². The van der Waals surface area contributed by atoms with Gasteiger partial charge in [-0.1, -0.05) is 17.7 Å². The van der Waals surface area contributed by atoms with Gasteiger partial charge in [0.05, 0.1) is 30.2 Å². The van der Waals surface area contributed by atoms with Gasteiger partial charge in [0.2, 0.25) is 0 Å². The molecule has 10 nitrogen and oxygen atoms in total. The Morgan fingerprint density at radius 3 is 2.70 bits per heavy atom. The summed E-state index contributed by atoms with van der Waals surface area (Å²) in [6.07, 6.45) is 8.45. The third-order valence-corrected chi connectivity index (χ3v) is 8.16. The van der Waals surface area contributed by atoms with Crippen LogP contribution in [0.15, 0.2) is 35.9 Å². The molecule has 1 aromatic carbocycles. The molecule has 2 heterocycles. The quantitative estimate of drug-likeness (QED) is 0.0651. The number of aliphatic hydroxyl groups excluding tert-OH is 1. The van der Waals surface area contributed by atoms with Gasteiger partial charge in [0, 0.05) is 25.9 Å². The number of epoxide rings is 2. The maximum absolute atomic E-state index is 12.8. The van der Waals surface area contributed by atoms with Crippen LogP contribution >= 0.6 is 0 Å². The highest BCUT2D eigenvalue weighted by atomic mass is 16.6. The second-order valence-electron chi connectivity index (χ2n) is 11.3. The minimum atomic E-state index is -0.548. The van der Waals surface area contributed by atoms with Crippen molar-refractivity contribution in [3.05, 3.63) is 51.6 Å². The highest BCUT2D eigenvalue weighted by Gasteiger charge is 2.72. The Morgan fingerprint density at radius 1 is 1.27 bits per heavy atom. The van der Waals surface area contributed by atoms with Crippen molar-refractivity contribution in [2.75, 3.05) is 26.9 Å². The molecule has 1 spiro atoms. The van der Waals surface area contributed by atoms with Crippen molar-refractivity contribution in [2.45, 2.75) is 88.8 Å². The first-order valence-electron chi connectivity index (χ1n) is 14.0. The first-order valence-corrected chi connectivity index (χ1v) is 14.0. The summed E-state index contributed by atoms with van der Waals surface area (Å²) in [6.45, 7) is 7.30. The Labute approximate surface area is 235 Å². The van der Waals surface area contributed by atoms with Crippen LogP contribution in [-0.2, 0) is 23.7 Å². The van der Waals surface area contributed by atoms with Gasteiger partial charge in [0.1, 0.15) is 23.4 Å². The molecule has 0 bridgehead atoms. The van der Waals surface area contributed by atoms with Crippen LogP contribution in [0.3, 0.4) is 0 Å². The summed E-state index contributed by atoms with van der Waals surface area (Å²) < 4.78 is 29.5. The number of nitrogens with zero attached hydrogens (tertiary/aromatic N) is 1. The molecule has 10 heteroatoms. The second kappa shape index (κ2) is 12.8. The van der Waals surface area contributed by atoms with Crippen molar-refractivity contribution >= 4 is 17.7 Å². The van der Waals surface area contributed by atoms with Crippen molar-refractivity contribution in [2.24, 2.45) is 5.92 Å². The molecule has 2 aliphatic heterocycles. The van der Waals surface area contributed by atoms with Gasteiger partial charge in [-0.25, -0.2) is 4.79 Å². The lowest BCUT2D eigenvalue weighted by Gasteiger charge is -2.42. The number of carbonyl (C=O) groups excluding carboxylic acids is 1. The molecule has 0 amide bonds. The standard InChI is InChI=1S/C30H41NO9/c1-20(2)8-12-25-29(3,40-25)28-27(36-4)24(14-15-30(28)19-38-30)39-26(33)13-10-21-9-11-23(22(18-21)31(34)35)37-17-7-5-6-16-32/h8-11,13,18,24-25,27-28,32H,5-7,12,14-17,19H2,1-4H3/b13-10+/t24-,25+,27-,28-,29-,30+/m1/s1. The number of unbranched alkanes of at least 4 members (excludes halogenated alkanes) is 2. The van der Waals surface area contributed by atoms with Crippen LogP contribution in [0.25, 0.3) is 6.08 Å². The number of ether oxygens (including phenoxy) is 5. The van der Waals surface area contributed by atoms with E-state index in [-0.39, 0.29) is 41.8 Å². The maximum Gasteiger partial charge on any atom is 0.331 e. The van der Waals surface area contributed by atoms with Crippen molar-refractivity contribution in [1.29, 1.82) is 0 Å². The minimum Gasteiger partial charge on any atom is -0.487 e. The monoisotopic (exact) mass is 559 g/mol. The fourth-order valence-electron chi connectivity index (χ4n) is 5.90. The zero-order valence-corrected chi connectivity index (χ0v) is 23.8. The van der Waals surface area contributed by atoms with Crippen molar-refractivity contribution in [3.8, 4) is 5.75 Å². The van der Waals surface area contributed by atoms with E-state index >= 15 is 0 Å². The first-order chi connectivity index (χ1) is 19.1. The van der Waals surface area contributed by atoms with E-state index < -0.39 is 22.6 Å². The molecule has 1 aromatic rings. The highest BCUT2D eigenvalue weighted by molar-refractivity contribution is 5.87. The molecule has 0 radical (unpaired) electrons. The summed E-state index contributed by atoms with van der Waals surface area (Å²) in [5, 5.41) is 20.5. The molecule has 0 aromatic heterocycles. The van der Waals surface area contributed by atoms with Crippen LogP contribution in [0.4, 0.5) is 5.69 Å². The van der Waals surface area contributed by atoms with Crippen LogP contribution in [0.1, 0.15) is 64.9 Å². The van der Waals surface area contributed by atoms with Gasteiger partial charge in [-0.05, 0) is 77.0 Å². The lowest BCUT2D eigenvalue weighted by molar-refractivity contribution is -0.385. The Bertz CT molecular complexity index is 1120. The van der Waals surface area contributed by atoms with Crippen LogP contribution in [-0.4, -0.2) is 72.4 Å². The van der Waals surface area contributed by atoms with Gasteiger partial charge >= 0.3 is 11.7 Å². The van der Waals surface area contributed by atoms with Crippen molar-refractivity contribution in [3.63, 3.8) is 0 Å². The Hall–Kier alpha value is -2.79. The Kier molecular flexibility index (Phi) is 9.66. The predicted molar refractivity (Wildman–Crippen MR) is 148 cm³/mol. The summed E-state index contributed by atoms with van der Waals surface area (Å²) in [7, 11) is 1.63. The van der Waals surface area contributed by atoms with Gasteiger partial charge in [-0.15, -0.1) is 0 Å². The average molecular weight is 560 g/mol. The number of methoxy groups -OCH3 is 1. The molecule has 220 valence electrons. The van der Waals surface area contributed by atoms with E-state index in [0.29, 0.717) is 38.0 Å². The normalized spacial score (nSPS) is 30.7. The minimum absolute atomic E-state index is 0.0590. The second-order valence-corrected chi connectivity index (χ2v) is 11.3. The highest BCUT2D eigenvalue weighted by Crippen LogP contribution is 2.59. The number of esters is 1. The van der Waals surface area contributed by atoms with Gasteiger partial charge in [0.25, 0.3) is 0 Å². The summed E-state index contributed by atoms with van der Waals surface area (Å²) in [4.78, 5) is 23.9. The molecule has 3 fully saturated rings. The molecule has 40 heavy (non-hydrogen) atoms. The van der Waals surface area contributed by atoms with E-state index in [1.165, 1.54) is 29.9 Å². The number of hydrogen-bond donors (Lipinski definition) is 1. The third-order valence-electron chi connectivity index (χ3n) is 8.16. The lowest BCUT2D eigenvalue weighted by atomic mass is 9.68. The molecule has 6 atom stereocenters. The molecular formula is C30H41NO9. The van der Waals surface area contributed by atoms with E-state index in [2.05, 4.69) is 26.8 Å². The molecule has 4 rings (SSSR count). The first kappa shape index (κ1) is 30.2. The summed E-state index contributed by atoms with van der Waals surface area (Å²) in [5.41, 5.74) is 0.804. The van der Waals surface area contributed by atoms with Crippen molar-refractivity contribution < 1.29 is 38.5 Å². The fraction of sp³-hybridized carbons (Fsp3) is 0.633. The summed E-state index contributed by atoms with van der Waals surface area (Å²) in [6, 6.07) is 4.55. The number of nitro benzene ring substituents is 1. The molecule has 3 aliphatic rings. The molecule has 0 unspecified atom stereocenters. The smallest absolute Gasteiger partial charge is 0.331 e. The number of hydrogen-bond acceptors (Lipinski definition) is 9. The van der Waals surface area contributed by atoms with E-state index in [0.717, 1.165) is 19.3 Å². The molecule has 1 saturated carbocycles. The average Bonchev–Trinajstić information content (AvgIpc) is 3.84. The van der Waals surface area contributed by atoms with Crippen LogP contribution in [0, 0.1) is 16.0 Å². The van der Waals surface area contributed by atoms with E-state index in [9.17, 15) is 14.9 Å². The summed E-state index contributed by atoms with van der Waals surface area (Å²) in [5.74, 6) is -0.456. The number of benzene rings is 1. The van der Waals surface area contributed by atoms with Gasteiger partial charge in [-0.3, -0.25) is 10.1 Å². The number of allylic oxidation sites excluding steroid dienone is 1. The largest absolute Gasteiger partial charge is 0.487 e. The topological polar surface area (TPSA) is 133 Å². The number of aliphatic hydroxyl groups is 1. The number of carbonyl (C=O) groups is 1. The number of rotatable bonds is 14. The molecule has 2 saturated heterocycles. The Balaban J connectivity index is 1.39. The van der Waals surface area contributed by atoms with Crippen molar-refractivity contribution in [1.82, 2.24) is 0 Å². The van der Waals surface area contributed by atoms with E-state index in [4.69, 9.17) is 28.8 Å². The van der Waals surface area contributed by atoms with Crippen LogP contribution in [0.2, 0.25) is 0 Å². The van der Waals surface area contributed by atoms with Gasteiger partial charge < -0.3 is 28.8 Å². The zero-order valence-electron chi connectivity index (χ0n) is 23.8. The molecule has 1 aliphatic carbocycles. The van der Waals surface area contributed by atoms with E-state index in [1.807, 2.05) is 0 Å². The Morgan fingerprint density at radius 2 is 2.05 bits per heavy atom. The lowest BCUT2D eigenvalue weighted by Crippen LogP contribution is -2.55. The van der Waals surface area contributed by atoms with Gasteiger partial charge in [0.15, 0.2) is 5.75 Å². The number of nitro groups is 1. The fourth-order valence-corrected chi connectivity index (χ4v) is 5.90. The summed E-state index contributed by atoms with van der Waals surface area (Å²) >= 11 is 0. The zero-order chi connectivity index (χ0) is 28.9.